The monoisotopic (exact) mass is 585 g/mol. The van der Waals surface area contributed by atoms with E-state index in [4.69, 9.17) is 5.14 Å². The topological polar surface area (TPSA) is 156 Å². The largest absolute Gasteiger partial charge is 0.481 e. The first-order chi connectivity index (χ1) is 19.5. The number of carboxylic acids is 1. The molecule has 2 amide bonds. The number of nitrogens with one attached hydrogen (secondary N) is 2. The van der Waals surface area contributed by atoms with E-state index in [-0.39, 0.29) is 17.2 Å². The summed E-state index contributed by atoms with van der Waals surface area (Å²) >= 11 is 0. The smallest absolute Gasteiger partial charge is 0.304 e. The molecule has 9 nitrogen and oxygen atoms in total. The summed E-state index contributed by atoms with van der Waals surface area (Å²) in [5, 5.41) is 20.4. The van der Waals surface area contributed by atoms with Crippen molar-refractivity contribution in [2.45, 2.75) is 88.5 Å². The molecule has 1 aliphatic carbocycles. The fraction of sp³-hybridized carbons (Fsp3) is 0.516. The Morgan fingerprint density at radius 1 is 0.927 bits per heavy atom. The molecule has 2 aromatic rings. The van der Waals surface area contributed by atoms with E-state index in [2.05, 4.69) is 10.6 Å². The fourth-order valence-electron chi connectivity index (χ4n) is 5.42. The van der Waals surface area contributed by atoms with E-state index >= 15 is 0 Å². The lowest BCUT2D eigenvalue weighted by Gasteiger charge is -2.28. The van der Waals surface area contributed by atoms with Gasteiger partial charge in [-0.2, -0.15) is 0 Å². The van der Waals surface area contributed by atoms with Crippen LogP contribution in [0.25, 0.3) is 0 Å². The van der Waals surface area contributed by atoms with Crippen molar-refractivity contribution in [2.75, 3.05) is 6.54 Å². The van der Waals surface area contributed by atoms with E-state index in [0.29, 0.717) is 38.1 Å². The van der Waals surface area contributed by atoms with Crippen LogP contribution in [0.5, 0.6) is 0 Å². The molecular weight excluding hydrogens is 542 g/mol. The van der Waals surface area contributed by atoms with Crippen LogP contribution in [0.1, 0.15) is 74.5 Å². The predicted octanol–water partition coefficient (Wildman–Crippen LogP) is 3.87. The molecule has 224 valence electrons. The lowest BCUT2D eigenvalue weighted by Crippen LogP contribution is -2.50. The number of amides is 2. The number of carbonyl (C=O) groups excluding carboxylic acids is 2. The lowest BCUT2D eigenvalue weighted by molar-refractivity contribution is -0.141. The van der Waals surface area contributed by atoms with Crippen molar-refractivity contribution < 1.29 is 27.9 Å². The number of rotatable bonds is 15. The summed E-state index contributed by atoms with van der Waals surface area (Å²) in [6.45, 7) is 2.32. The number of benzene rings is 2. The van der Waals surface area contributed by atoms with Crippen LogP contribution in [0.4, 0.5) is 0 Å². The van der Waals surface area contributed by atoms with Crippen molar-refractivity contribution in [1.82, 2.24) is 10.6 Å². The van der Waals surface area contributed by atoms with Gasteiger partial charge in [0.15, 0.2) is 0 Å². The van der Waals surface area contributed by atoms with Crippen molar-refractivity contribution in [3.8, 4) is 0 Å². The third kappa shape index (κ3) is 11.3. The second-order valence-electron chi connectivity index (χ2n) is 11.2. The van der Waals surface area contributed by atoms with Crippen LogP contribution < -0.4 is 15.8 Å². The van der Waals surface area contributed by atoms with Crippen LogP contribution in [-0.2, 0) is 37.2 Å². The minimum absolute atomic E-state index is 0.0234. The molecule has 1 fully saturated rings. The highest BCUT2D eigenvalue weighted by Gasteiger charge is 2.29. The first-order valence-electron chi connectivity index (χ1n) is 14.5. The first-order valence-corrected chi connectivity index (χ1v) is 16.0. The highest BCUT2D eigenvalue weighted by Crippen LogP contribution is 2.28. The van der Waals surface area contributed by atoms with Crippen molar-refractivity contribution in [1.29, 1.82) is 0 Å². The van der Waals surface area contributed by atoms with Crippen molar-refractivity contribution in [3.63, 3.8) is 0 Å². The molecular formula is C31H43N3O6S. The molecule has 0 saturated heterocycles. The van der Waals surface area contributed by atoms with E-state index in [1.807, 2.05) is 31.2 Å². The second-order valence-corrected chi connectivity index (χ2v) is 12.8. The third-order valence-electron chi connectivity index (χ3n) is 7.82. The van der Waals surface area contributed by atoms with E-state index in [9.17, 15) is 27.9 Å². The van der Waals surface area contributed by atoms with Gasteiger partial charge >= 0.3 is 5.97 Å². The van der Waals surface area contributed by atoms with Gasteiger partial charge in [-0.15, -0.1) is 0 Å². The van der Waals surface area contributed by atoms with Gasteiger partial charge < -0.3 is 15.7 Å². The molecule has 2 aromatic carbocycles. The molecule has 0 aliphatic heterocycles. The summed E-state index contributed by atoms with van der Waals surface area (Å²) in [5.41, 5.74) is 3.14. The Hall–Kier alpha value is -3.24. The number of carboxylic acid groups (broad SMARTS) is 1. The molecule has 0 aromatic heterocycles. The molecule has 0 radical (unpaired) electrons. The number of carbonyl (C=O) groups is 3. The molecule has 0 unspecified atom stereocenters. The third-order valence-corrected chi connectivity index (χ3v) is 8.75. The van der Waals surface area contributed by atoms with Gasteiger partial charge in [-0.3, -0.25) is 14.4 Å². The Labute approximate surface area is 243 Å². The highest BCUT2D eigenvalue weighted by molar-refractivity contribution is 7.89. The molecule has 1 saturated carbocycles. The minimum atomic E-state index is -3.77. The quantitative estimate of drug-likeness (QED) is 0.249. The second kappa shape index (κ2) is 15.7. The van der Waals surface area contributed by atoms with Gasteiger partial charge in [0.2, 0.25) is 21.8 Å². The van der Waals surface area contributed by atoms with E-state index in [0.717, 1.165) is 43.2 Å². The van der Waals surface area contributed by atoms with Crippen molar-refractivity contribution >= 4 is 27.8 Å². The molecule has 1 aliphatic rings. The summed E-state index contributed by atoms with van der Waals surface area (Å²) in [6.07, 6.45) is 7.91. The summed E-state index contributed by atoms with van der Waals surface area (Å²) in [7, 11) is -3.77. The molecule has 3 rings (SSSR count). The molecule has 5 N–H and O–H groups in total. The standard InChI is InChI=1S/C31H43N3O6S/c1-22-10-12-23(13-11-22)8-5-9-26(21-29(35)36)30(37)34-28(20-25-6-3-2-4-7-25)31(38)33-19-18-24-14-16-27(17-15-24)41(32,39)40/h10-17,25-26,28H,2-9,18-21H2,1H3,(H,33,38)(H,34,37)(H,35,36)(H2,32,39,40)/t26-,28+/m1/s1. The number of aryl methyl sites for hydroxylation is 2. The number of hydrogen-bond acceptors (Lipinski definition) is 5. The zero-order valence-corrected chi connectivity index (χ0v) is 24.6. The van der Waals surface area contributed by atoms with E-state index in [1.54, 1.807) is 12.1 Å². The van der Waals surface area contributed by atoms with Gasteiger partial charge in [-0.1, -0.05) is 74.1 Å². The summed E-state index contributed by atoms with van der Waals surface area (Å²) in [5.74, 6) is -2.13. The number of sulfonamides is 1. The number of hydrogen-bond donors (Lipinski definition) is 4. The molecule has 0 heterocycles. The first kappa shape index (κ1) is 32.3. The maximum atomic E-state index is 13.3. The molecule has 0 spiro atoms. The van der Waals surface area contributed by atoms with Crippen LogP contribution >= 0.6 is 0 Å². The molecule has 41 heavy (non-hydrogen) atoms. The average molecular weight is 586 g/mol. The maximum absolute atomic E-state index is 13.3. The van der Waals surface area contributed by atoms with Gasteiger partial charge in [-0.25, -0.2) is 13.6 Å². The summed E-state index contributed by atoms with van der Waals surface area (Å²) in [4.78, 5) is 38.2. The van der Waals surface area contributed by atoms with Gasteiger partial charge in [-0.05, 0) is 68.2 Å². The highest BCUT2D eigenvalue weighted by atomic mass is 32.2. The van der Waals surface area contributed by atoms with Crippen molar-refractivity contribution in [3.05, 3.63) is 65.2 Å². The summed E-state index contributed by atoms with van der Waals surface area (Å²) in [6, 6.07) is 13.6. The van der Waals surface area contributed by atoms with Gasteiger partial charge in [0.25, 0.3) is 0 Å². The van der Waals surface area contributed by atoms with Crippen molar-refractivity contribution in [2.24, 2.45) is 17.0 Å². The fourth-order valence-corrected chi connectivity index (χ4v) is 5.94. The molecule has 10 heteroatoms. The SMILES string of the molecule is Cc1ccc(CCC[C@H](CC(=O)O)C(=O)N[C@@H](CC2CCCCC2)C(=O)NCCc2ccc(S(N)(=O)=O)cc2)cc1. The van der Waals surface area contributed by atoms with Gasteiger partial charge in [0.05, 0.1) is 11.3 Å². The Morgan fingerprint density at radius 3 is 2.15 bits per heavy atom. The van der Waals surface area contributed by atoms with Gasteiger partial charge in [0, 0.05) is 12.5 Å². The van der Waals surface area contributed by atoms with Crippen LogP contribution in [0.3, 0.4) is 0 Å². The van der Waals surface area contributed by atoms with Crippen LogP contribution in [0.15, 0.2) is 53.4 Å². The van der Waals surface area contributed by atoms with E-state index < -0.39 is 33.9 Å². The van der Waals surface area contributed by atoms with Crippen LogP contribution in [0.2, 0.25) is 0 Å². The molecule has 2 atom stereocenters. The Bertz CT molecular complexity index is 1260. The summed E-state index contributed by atoms with van der Waals surface area (Å²) < 4.78 is 22.9. The number of primary sulfonamides is 1. The zero-order valence-electron chi connectivity index (χ0n) is 23.8. The normalized spacial score (nSPS) is 15.6. The maximum Gasteiger partial charge on any atom is 0.304 e. The Kier molecular flexibility index (Phi) is 12.3. The Morgan fingerprint density at radius 2 is 1.54 bits per heavy atom. The minimum Gasteiger partial charge on any atom is -0.481 e. The lowest BCUT2D eigenvalue weighted by atomic mass is 9.84. The zero-order chi connectivity index (χ0) is 29.8. The predicted molar refractivity (Wildman–Crippen MR) is 158 cm³/mol. The number of nitrogens with two attached hydrogens (primary N) is 1. The number of aliphatic carboxylic acids is 1. The van der Waals surface area contributed by atoms with Crippen LogP contribution in [0, 0.1) is 18.8 Å². The van der Waals surface area contributed by atoms with Gasteiger partial charge in [0.1, 0.15) is 6.04 Å². The van der Waals surface area contributed by atoms with Crippen LogP contribution in [-0.4, -0.2) is 43.9 Å². The molecule has 0 bridgehead atoms. The van der Waals surface area contributed by atoms with E-state index in [1.165, 1.54) is 24.1 Å². The average Bonchev–Trinajstić information content (AvgIpc) is 2.93. The Balaban J connectivity index is 1.61.